The Kier molecular flexibility index (Phi) is 4.09. The van der Waals surface area contributed by atoms with E-state index < -0.39 is 11.7 Å². The van der Waals surface area contributed by atoms with E-state index in [1.54, 1.807) is 30.5 Å². The van der Waals surface area contributed by atoms with Gasteiger partial charge in [-0.2, -0.15) is 5.10 Å². The Hall–Kier alpha value is -3.07. The van der Waals surface area contributed by atoms with Crippen LogP contribution >= 0.6 is 0 Å². The van der Waals surface area contributed by atoms with E-state index in [9.17, 15) is 9.90 Å². The number of esters is 1. The molecule has 0 saturated heterocycles. The first-order valence-corrected chi connectivity index (χ1v) is 7.05. The van der Waals surface area contributed by atoms with Crippen LogP contribution in [0.1, 0.15) is 12.1 Å². The molecule has 1 aliphatic rings. The average Bonchev–Trinajstić information content (AvgIpc) is 3.00. The fourth-order valence-corrected chi connectivity index (χ4v) is 2.37. The number of aliphatic hydroxyl groups is 1. The molecule has 3 heterocycles. The first-order chi connectivity index (χ1) is 11.6. The van der Waals surface area contributed by atoms with Crippen molar-refractivity contribution >= 4 is 17.4 Å². The van der Waals surface area contributed by atoms with E-state index in [1.165, 1.54) is 25.4 Å². The highest BCUT2D eigenvalue weighted by Crippen LogP contribution is 2.38. The first kappa shape index (κ1) is 15.8. The van der Waals surface area contributed by atoms with Crippen molar-refractivity contribution in [3.8, 4) is 5.88 Å². The number of pyridine rings is 1. The van der Waals surface area contributed by atoms with Gasteiger partial charge in [0.05, 0.1) is 32.5 Å². The molecule has 0 aliphatic carbocycles. The van der Waals surface area contributed by atoms with Crippen molar-refractivity contribution in [2.24, 2.45) is 5.10 Å². The summed E-state index contributed by atoms with van der Waals surface area (Å²) in [6.07, 6.45) is 3.01. The van der Waals surface area contributed by atoms with Crippen molar-refractivity contribution in [3.05, 3.63) is 42.4 Å². The lowest BCUT2D eigenvalue weighted by molar-refractivity contribution is -0.133. The lowest BCUT2D eigenvalue weighted by atomic mass is 10.0. The smallest absolute Gasteiger partial charge is 0.354 e. The third-order valence-corrected chi connectivity index (χ3v) is 3.56. The van der Waals surface area contributed by atoms with Gasteiger partial charge < -0.3 is 14.6 Å². The number of nitrogens with zero attached hydrogens (tertiary/aromatic N) is 5. The monoisotopic (exact) mass is 329 g/mol. The van der Waals surface area contributed by atoms with E-state index in [0.717, 1.165) is 0 Å². The zero-order valence-electron chi connectivity index (χ0n) is 13.1. The number of hydrogen-bond donors (Lipinski definition) is 1. The lowest BCUT2D eigenvalue weighted by Crippen LogP contribution is -2.41. The van der Waals surface area contributed by atoms with Crippen molar-refractivity contribution < 1.29 is 19.4 Å². The molecule has 3 rings (SSSR count). The Labute approximate surface area is 137 Å². The SMILES string of the molecule is COC(=O)C1=NN(c2cccnc2)C(O)(c2ccc(OC)nn2)C1. The fourth-order valence-electron chi connectivity index (χ4n) is 2.37. The van der Waals surface area contributed by atoms with Crippen LogP contribution in [0, 0.1) is 0 Å². The molecule has 9 heteroatoms. The number of hydrogen-bond acceptors (Lipinski definition) is 9. The van der Waals surface area contributed by atoms with Gasteiger partial charge in [-0.05, 0) is 18.2 Å². The maximum absolute atomic E-state index is 11.8. The number of hydrazone groups is 1. The van der Waals surface area contributed by atoms with E-state index >= 15 is 0 Å². The van der Waals surface area contributed by atoms with Crippen LogP contribution in [0.2, 0.25) is 0 Å². The summed E-state index contributed by atoms with van der Waals surface area (Å²) in [5.41, 5.74) is -0.904. The number of anilines is 1. The van der Waals surface area contributed by atoms with Crippen LogP contribution in [0.25, 0.3) is 0 Å². The highest BCUT2D eigenvalue weighted by Gasteiger charge is 2.47. The quantitative estimate of drug-likeness (QED) is 0.806. The highest BCUT2D eigenvalue weighted by molar-refractivity contribution is 6.37. The molecule has 1 N–H and O–H groups in total. The first-order valence-electron chi connectivity index (χ1n) is 7.05. The molecule has 1 aliphatic heterocycles. The molecule has 1 atom stereocenters. The Balaban J connectivity index is 2.05. The van der Waals surface area contributed by atoms with Crippen molar-refractivity contribution in [2.75, 3.05) is 19.2 Å². The third kappa shape index (κ3) is 2.65. The summed E-state index contributed by atoms with van der Waals surface area (Å²) in [6.45, 7) is 0. The Morgan fingerprint density at radius 3 is 2.71 bits per heavy atom. The topological polar surface area (TPSA) is 110 Å². The molecule has 0 aromatic carbocycles. The number of methoxy groups -OCH3 is 2. The van der Waals surface area contributed by atoms with E-state index in [-0.39, 0.29) is 17.8 Å². The number of carbonyl (C=O) groups is 1. The minimum atomic E-state index is -1.69. The fraction of sp³-hybridized carbons (Fsp3) is 0.267. The summed E-state index contributed by atoms with van der Waals surface area (Å²) in [6, 6.07) is 6.53. The summed E-state index contributed by atoms with van der Waals surface area (Å²) in [7, 11) is 2.72. The molecule has 2 aromatic heterocycles. The number of aromatic nitrogens is 3. The van der Waals surface area contributed by atoms with Crippen molar-refractivity contribution in [3.63, 3.8) is 0 Å². The van der Waals surface area contributed by atoms with Gasteiger partial charge in [0.2, 0.25) is 11.6 Å². The van der Waals surface area contributed by atoms with E-state index in [2.05, 4.69) is 20.3 Å². The lowest BCUT2D eigenvalue weighted by Gasteiger charge is -2.31. The average molecular weight is 329 g/mol. The van der Waals surface area contributed by atoms with E-state index in [0.29, 0.717) is 11.6 Å². The van der Waals surface area contributed by atoms with Crippen LogP contribution < -0.4 is 9.75 Å². The summed E-state index contributed by atoms with van der Waals surface area (Å²) in [5.74, 6) is -0.316. The van der Waals surface area contributed by atoms with Gasteiger partial charge in [0, 0.05) is 12.3 Å². The van der Waals surface area contributed by atoms with Gasteiger partial charge in [-0.3, -0.25) is 4.98 Å². The van der Waals surface area contributed by atoms with Crippen LogP contribution in [0.3, 0.4) is 0 Å². The van der Waals surface area contributed by atoms with Gasteiger partial charge in [0.15, 0.2) is 5.71 Å². The standard InChI is InChI=1S/C15H15N5O4/c1-23-13-6-5-12(17-18-13)15(22)8-11(14(21)24-2)19-20(15)10-4-3-7-16-9-10/h3-7,9,22H,8H2,1-2H3. The van der Waals surface area contributed by atoms with Gasteiger partial charge in [0.1, 0.15) is 5.69 Å². The number of carbonyl (C=O) groups excluding carboxylic acids is 1. The third-order valence-electron chi connectivity index (χ3n) is 3.56. The van der Waals surface area contributed by atoms with Gasteiger partial charge >= 0.3 is 5.97 Å². The van der Waals surface area contributed by atoms with Crippen LogP contribution in [0.15, 0.2) is 41.8 Å². The summed E-state index contributed by atoms with van der Waals surface area (Å²) < 4.78 is 9.68. The maximum atomic E-state index is 11.8. The summed E-state index contributed by atoms with van der Waals surface area (Å²) in [5, 5.41) is 24.5. The van der Waals surface area contributed by atoms with Crippen molar-refractivity contribution in [1.29, 1.82) is 0 Å². The molecule has 24 heavy (non-hydrogen) atoms. The molecule has 0 radical (unpaired) electrons. The summed E-state index contributed by atoms with van der Waals surface area (Å²) in [4.78, 5) is 15.9. The summed E-state index contributed by atoms with van der Waals surface area (Å²) >= 11 is 0. The molecule has 1 unspecified atom stereocenters. The molecule has 0 spiro atoms. The second-order valence-corrected chi connectivity index (χ2v) is 5.02. The maximum Gasteiger partial charge on any atom is 0.354 e. The Bertz CT molecular complexity index is 765. The van der Waals surface area contributed by atoms with Crippen molar-refractivity contribution in [2.45, 2.75) is 12.1 Å². The second-order valence-electron chi connectivity index (χ2n) is 5.02. The molecular weight excluding hydrogens is 314 g/mol. The van der Waals surface area contributed by atoms with Crippen LogP contribution in [0.4, 0.5) is 5.69 Å². The zero-order chi connectivity index (χ0) is 17.2. The minimum absolute atomic E-state index is 0.0708. The second kappa shape index (κ2) is 6.20. The molecule has 2 aromatic rings. The predicted molar refractivity (Wildman–Crippen MR) is 83.3 cm³/mol. The van der Waals surface area contributed by atoms with E-state index in [4.69, 9.17) is 9.47 Å². The van der Waals surface area contributed by atoms with Gasteiger partial charge in [-0.15, -0.1) is 10.2 Å². The highest BCUT2D eigenvalue weighted by atomic mass is 16.5. The molecule has 0 amide bonds. The number of ether oxygens (including phenoxy) is 2. The Morgan fingerprint density at radius 2 is 2.12 bits per heavy atom. The minimum Gasteiger partial charge on any atom is -0.480 e. The Morgan fingerprint density at radius 1 is 1.29 bits per heavy atom. The molecule has 0 bridgehead atoms. The van der Waals surface area contributed by atoms with Crippen LogP contribution in [0.5, 0.6) is 5.88 Å². The zero-order valence-corrected chi connectivity index (χ0v) is 13.1. The van der Waals surface area contributed by atoms with Gasteiger partial charge in [-0.25, -0.2) is 9.80 Å². The number of rotatable bonds is 4. The van der Waals surface area contributed by atoms with Crippen molar-refractivity contribution in [1.82, 2.24) is 15.2 Å². The van der Waals surface area contributed by atoms with Gasteiger partial charge in [0.25, 0.3) is 0 Å². The molecule has 0 saturated carbocycles. The predicted octanol–water partition coefficient (Wildman–Crippen LogP) is 0.465. The molecule has 9 nitrogen and oxygen atoms in total. The molecule has 124 valence electrons. The molecular formula is C15H15N5O4. The van der Waals surface area contributed by atoms with Crippen LogP contribution in [-0.4, -0.2) is 46.2 Å². The molecule has 0 fully saturated rings. The largest absolute Gasteiger partial charge is 0.480 e. The van der Waals surface area contributed by atoms with E-state index in [1.807, 2.05) is 0 Å². The normalized spacial score (nSPS) is 19.8. The van der Waals surface area contributed by atoms with Crippen LogP contribution in [-0.2, 0) is 15.3 Å². The van der Waals surface area contributed by atoms with Gasteiger partial charge in [-0.1, -0.05) is 0 Å².